The third-order valence-corrected chi connectivity index (χ3v) is 5.14. The topological polar surface area (TPSA) is 114 Å². The number of ether oxygens (including phenoxy) is 1. The number of sulfonamides is 1. The number of carbonyl (C=O) groups excluding carboxylic acids is 2. The molecule has 0 saturated carbocycles. The van der Waals surface area contributed by atoms with Crippen molar-refractivity contribution in [2.24, 2.45) is 0 Å². The first kappa shape index (κ1) is 21.3. The lowest BCUT2D eigenvalue weighted by Crippen LogP contribution is -2.31. The normalized spacial score (nSPS) is 13.8. The van der Waals surface area contributed by atoms with Crippen molar-refractivity contribution in [1.29, 1.82) is 0 Å². The predicted molar refractivity (Wildman–Crippen MR) is 98.3 cm³/mol. The molecule has 2 rings (SSSR count). The van der Waals surface area contributed by atoms with E-state index >= 15 is 0 Å². The van der Waals surface area contributed by atoms with Gasteiger partial charge in [0.25, 0.3) is 10.0 Å². The molecule has 10 heteroatoms. The number of thioether (sulfide) groups is 1. The summed E-state index contributed by atoms with van der Waals surface area (Å²) in [5.41, 5.74) is 0.461. The number of hydrogen-bond acceptors (Lipinski definition) is 7. The monoisotopic (exact) mass is 389 g/mol. The SMILES string of the molecule is C1CSCCN1.CCOC(=O)NS(=O)(=O)c1ccc(NC(C)=O)cc1. The summed E-state index contributed by atoms with van der Waals surface area (Å²) in [6.07, 6.45) is -1.03. The number of anilines is 1. The number of hydrogen-bond donors (Lipinski definition) is 3. The molecule has 0 aliphatic carbocycles. The van der Waals surface area contributed by atoms with Gasteiger partial charge < -0.3 is 15.4 Å². The van der Waals surface area contributed by atoms with E-state index < -0.39 is 16.1 Å². The Morgan fingerprint density at radius 3 is 2.20 bits per heavy atom. The Kier molecular flexibility index (Phi) is 9.32. The summed E-state index contributed by atoms with van der Waals surface area (Å²) in [5, 5.41) is 5.76. The maximum absolute atomic E-state index is 11.8. The molecule has 1 saturated heterocycles. The van der Waals surface area contributed by atoms with Crippen molar-refractivity contribution in [3.8, 4) is 0 Å². The zero-order valence-corrected chi connectivity index (χ0v) is 15.8. The highest BCUT2D eigenvalue weighted by atomic mass is 32.2. The van der Waals surface area contributed by atoms with Gasteiger partial charge in [0.15, 0.2) is 0 Å². The van der Waals surface area contributed by atoms with Gasteiger partial charge in [0.1, 0.15) is 0 Å². The Balaban J connectivity index is 0.000000435. The first-order valence-corrected chi connectivity index (χ1v) is 10.3. The van der Waals surface area contributed by atoms with Gasteiger partial charge >= 0.3 is 6.09 Å². The van der Waals surface area contributed by atoms with Crippen molar-refractivity contribution in [3.63, 3.8) is 0 Å². The molecule has 0 aromatic heterocycles. The molecular weight excluding hydrogens is 366 g/mol. The van der Waals surface area contributed by atoms with Crippen molar-refractivity contribution in [2.75, 3.05) is 36.5 Å². The fraction of sp³-hybridized carbons (Fsp3) is 0.467. The number of amides is 2. The van der Waals surface area contributed by atoms with Crippen LogP contribution in [0.5, 0.6) is 0 Å². The van der Waals surface area contributed by atoms with E-state index in [0.29, 0.717) is 5.69 Å². The number of benzene rings is 1. The van der Waals surface area contributed by atoms with E-state index in [9.17, 15) is 18.0 Å². The summed E-state index contributed by atoms with van der Waals surface area (Å²) in [6, 6.07) is 5.38. The quantitative estimate of drug-likeness (QED) is 0.713. The molecule has 1 aromatic carbocycles. The molecule has 1 aliphatic heterocycles. The lowest BCUT2D eigenvalue weighted by molar-refractivity contribution is -0.114. The smallest absolute Gasteiger partial charge is 0.421 e. The van der Waals surface area contributed by atoms with Gasteiger partial charge in [-0.3, -0.25) is 4.79 Å². The minimum absolute atomic E-state index is 0.0722. The second-order valence-corrected chi connectivity index (χ2v) is 7.80. The second-order valence-electron chi connectivity index (χ2n) is 4.89. The fourth-order valence-corrected chi connectivity index (χ4v) is 3.44. The van der Waals surface area contributed by atoms with Gasteiger partial charge in [-0.25, -0.2) is 17.9 Å². The summed E-state index contributed by atoms with van der Waals surface area (Å²) < 4.78 is 29.8. The molecule has 0 unspecified atom stereocenters. The summed E-state index contributed by atoms with van der Waals surface area (Å²) in [4.78, 5) is 21.8. The summed E-state index contributed by atoms with van der Waals surface area (Å²) in [5.74, 6) is 2.35. The highest BCUT2D eigenvalue weighted by molar-refractivity contribution is 7.99. The van der Waals surface area contributed by atoms with E-state index in [1.165, 1.54) is 55.8 Å². The van der Waals surface area contributed by atoms with E-state index in [4.69, 9.17) is 0 Å². The molecule has 0 spiro atoms. The van der Waals surface area contributed by atoms with Crippen molar-refractivity contribution < 1.29 is 22.7 Å². The molecule has 8 nitrogen and oxygen atoms in total. The molecule has 0 bridgehead atoms. The van der Waals surface area contributed by atoms with E-state index in [-0.39, 0.29) is 17.4 Å². The van der Waals surface area contributed by atoms with E-state index in [0.717, 1.165) is 0 Å². The highest BCUT2D eigenvalue weighted by Gasteiger charge is 2.18. The third kappa shape index (κ3) is 8.75. The number of rotatable bonds is 4. The summed E-state index contributed by atoms with van der Waals surface area (Å²) in [7, 11) is -3.96. The Morgan fingerprint density at radius 1 is 1.20 bits per heavy atom. The summed E-state index contributed by atoms with van der Waals surface area (Å²) >= 11 is 2.03. The Hall–Kier alpha value is -1.78. The minimum atomic E-state index is -3.96. The molecule has 1 fully saturated rings. The van der Waals surface area contributed by atoms with Crippen LogP contribution >= 0.6 is 11.8 Å². The standard InChI is InChI=1S/C11H14N2O5S.C4H9NS/c1-3-18-11(15)13-19(16,17)10-6-4-9(5-7-10)12-8(2)14;1-3-6-4-2-5-1/h4-7H,3H2,1-2H3,(H,12,14)(H,13,15);5H,1-4H2. The average molecular weight is 389 g/mol. The van der Waals surface area contributed by atoms with Crippen LogP contribution in [0.4, 0.5) is 10.5 Å². The molecule has 140 valence electrons. The maximum atomic E-state index is 11.8. The van der Waals surface area contributed by atoms with Gasteiger partial charge in [-0.2, -0.15) is 11.8 Å². The largest absolute Gasteiger partial charge is 0.449 e. The van der Waals surface area contributed by atoms with Crippen LogP contribution in [0, 0.1) is 0 Å². The van der Waals surface area contributed by atoms with Crippen LogP contribution in [0.25, 0.3) is 0 Å². The van der Waals surface area contributed by atoms with Gasteiger partial charge in [-0.05, 0) is 31.2 Å². The molecule has 25 heavy (non-hydrogen) atoms. The Bertz CT molecular complexity index is 647. The van der Waals surface area contributed by atoms with Crippen LogP contribution in [0.15, 0.2) is 29.2 Å². The lowest BCUT2D eigenvalue weighted by Gasteiger charge is -2.08. The zero-order valence-electron chi connectivity index (χ0n) is 14.2. The van der Waals surface area contributed by atoms with Crippen molar-refractivity contribution in [2.45, 2.75) is 18.7 Å². The molecule has 1 aliphatic rings. The van der Waals surface area contributed by atoms with Gasteiger partial charge in [0.05, 0.1) is 11.5 Å². The van der Waals surface area contributed by atoms with Crippen LogP contribution in [0.1, 0.15) is 13.8 Å². The Morgan fingerprint density at radius 2 is 1.80 bits per heavy atom. The summed E-state index contributed by atoms with van der Waals surface area (Å²) in [6.45, 7) is 5.40. The van der Waals surface area contributed by atoms with Crippen LogP contribution < -0.4 is 15.4 Å². The maximum Gasteiger partial charge on any atom is 0.421 e. The molecule has 1 heterocycles. The molecular formula is C15H23N3O5S2. The van der Waals surface area contributed by atoms with Crippen molar-refractivity contribution >= 4 is 39.5 Å². The fourth-order valence-electron chi connectivity index (χ4n) is 1.77. The van der Waals surface area contributed by atoms with Crippen LogP contribution in [-0.2, 0) is 19.6 Å². The highest BCUT2D eigenvalue weighted by Crippen LogP contribution is 2.14. The molecule has 1 aromatic rings. The van der Waals surface area contributed by atoms with E-state index in [2.05, 4.69) is 15.4 Å². The minimum Gasteiger partial charge on any atom is -0.449 e. The van der Waals surface area contributed by atoms with Crippen molar-refractivity contribution in [1.82, 2.24) is 10.0 Å². The van der Waals surface area contributed by atoms with Gasteiger partial charge in [0, 0.05) is 37.2 Å². The number of carbonyl (C=O) groups is 2. The third-order valence-electron chi connectivity index (χ3n) is 2.82. The molecule has 2 amide bonds. The van der Waals surface area contributed by atoms with Gasteiger partial charge in [-0.1, -0.05) is 0 Å². The first-order chi connectivity index (χ1) is 11.8. The Labute approximate surface area is 152 Å². The van der Waals surface area contributed by atoms with Crippen molar-refractivity contribution in [3.05, 3.63) is 24.3 Å². The number of nitrogens with one attached hydrogen (secondary N) is 3. The van der Waals surface area contributed by atoms with E-state index in [1.807, 2.05) is 11.8 Å². The molecule has 0 atom stereocenters. The second kappa shape index (κ2) is 11.0. The zero-order chi connectivity index (χ0) is 18.7. The van der Waals surface area contributed by atoms with Crippen LogP contribution in [0.3, 0.4) is 0 Å². The first-order valence-electron chi connectivity index (χ1n) is 7.71. The average Bonchev–Trinajstić information content (AvgIpc) is 2.56. The van der Waals surface area contributed by atoms with E-state index in [1.54, 1.807) is 11.6 Å². The van der Waals surface area contributed by atoms with Crippen LogP contribution in [-0.4, -0.2) is 51.6 Å². The molecule has 0 radical (unpaired) electrons. The van der Waals surface area contributed by atoms with Gasteiger partial charge in [0.2, 0.25) is 5.91 Å². The van der Waals surface area contributed by atoms with Crippen LogP contribution in [0.2, 0.25) is 0 Å². The van der Waals surface area contributed by atoms with Gasteiger partial charge in [-0.15, -0.1) is 0 Å². The predicted octanol–water partition coefficient (Wildman–Crippen LogP) is 1.40. The lowest BCUT2D eigenvalue weighted by atomic mass is 10.3. The molecule has 3 N–H and O–H groups in total.